The van der Waals surface area contributed by atoms with Crippen molar-refractivity contribution < 1.29 is 4.79 Å². The van der Waals surface area contributed by atoms with E-state index < -0.39 is 0 Å². The molecule has 0 atom stereocenters. The highest BCUT2D eigenvalue weighted by molar-refractivity contribution is 9.10. The van der Waals surface area contributed by atoms with Gasteiger partial charge in [0.15, 0.2) is 0 Å². The number of pyridine rings is 1. The normalized spacial score (nSPS) is 11.2. The molecule has 19 heavy (non-hydrogen) atoms. The highest BCUT2D eigenvalue weighted by atomic mass is 79.9. The molecule has 0 aliphatic rings. The largest absolute Gasteiger partial charge is 0.325 e. The maximum atomic E-state index is 12.1. The smallest absolute Gasteiger partial charge is 0.227 e. The number of nitrogens with one attached hydrogen (secondary N) is 1. The van der Waals surface area contributed by atoms with Gasteiger partial charge in [-0.3, -0.25) is 9.20 Å². The summed E-state index contributed by atoms with van der Waals surface area (Å²) in [6.07, 6.45) is 3.61. The molecule has 2 rings (SSSR count). The zero-order valence-electron chi connectivity index (χ0n) is 11.4. The summed E-state index contributed by atoms with van der Waals surface area (Å²) in [6, 6.07) is 3.79. The second-order valence-corrected chi connectivity index (χ2v) is 5.39. The number of hydrogen-bond acceptors (Lipinski definition) is 2. The van der Waals surface area contributed by atoms with Crippen LogP contribution in [0.4, 0.5) is 5.69 Å². The highest BCUT2D eigenvalue weighted by Crippen LogP contribution is 2.21. The van der Waals surface area contributed by atoms with Crippen LogP contribution in [-0.4, -0.2) is 15.3 Å². The number of imidazole rings is 1. The van der Waals surface area contributed by atoms with E-state index in [0.717, 1.165) is 34.5 Å². The fourth-order valence-corrected chi connectivity index (χ4v) is 2.48. The average molecular weight is 324 g/mol. The van der Waals surface area contributed by atoms with Crippen molar-refractivity contribution in [2.45, 2.75) is 33.6 Å². The molecule has 0 fully saturated rings. The van der Waals surface area contributed by atoms with Crippen LogP contribution in [-0.2, 0) is 4.79 Å². The minimum absolute atomic E-state index is 0.0728. The molecule has 1 N–H and O–H groups in total. The number of carbonyl (C=O) groups excluding carboxylic acids is 1. The Bertz CT molecular complexity index is 602. The minimum Gasteiger partial charge on any atom is -0.325 e. The molecule has 0 bridgehead atoms. The monoisotopic (exact) mass is 323 g/mol. The van der Waals surface area contributed by atoms with Crippen LogP contribution in [0.25, 0.3) is 5.65 Å². The molecule has 2 aromatic rings. The van der Waals surface area contributed by atoms with Crippen molar-refractivity contribution in [3.63, 3.8) is 0 Å². The molecule has 0 saturated carbocycles. The van der Waals surface area contributed by atoms with Crippen molar-refractivity contribution in [1.29, 1.82) is 0 Å². The second kappa shape index (κ2) is 5.74. The van der Waals surface area contributed by atoms with Gasteiger partial charge in [0, 0.05) is 12.1 Å². The number of amides is 1. The van der Waals surface area contributed by atoms with Crippen LogP contribution in [0.3, 0.4) is 0 Å². The summed E-state index contributed by atoms with van der Waals surface area (Å²) in [6.45, 7) is 6.01. The zero-order valence-corrected chi connectivity index (χ0v) is 13.0. The van der Waals surface area contributed by atoms with Gasteiger partial charge < -0.3 is 5.32 Å². The van der Waals surface area contributed by atoms with E-state index in [1.54, 1.807) is 0 Å². The van der Waals surface area contributed by atoms with Crippen molar-refractivity contribution in [2.75, 3.05) is 5.32 Å². The molecule has 0 saturated heterocycles. The van der Waals surface area contributed by atoms with Gasteiger partial charge in [-0.25, -0.2) is 4.98 Å². The van der Waals surface area contributed by atoms with E-state index in [1.807, 2.05) is 43.5 Å². The average Bonchev–Trinajstić information content (AvgIpc) is 2.67. The first kappa shape index (κ1) is 14.1. The predicted octanol–water partition coefficient (Wildman–Crippen LogP) is 3.78. The third-order valence-electron chi connectivity index (χ3n) is 3.34. The molecule has 102 valence electrons. The Morgan fingerprint density at radius 3 is 2.74 bits per heavy atom. The Morgan fingerprint density at radius 2 is 2.11 bits per heavy atom. The van der Waals surface area contributed by atoms with E-state index in [-0.39, 0.29) is 11.8 Å². The lowest BCUT2D eigenvalue weighted by atomic mass is 10.0. The first-order chi connectivity index (χ1) is 9.06. The van der Waals surface area contributed by atoms with Crippen LogP contribution >= 0.6 is 15.9 Å². The van der Waals surface area contributed by atoms with Crippen LogP contribution in [0, 0.1) is 12.8 Å². The summed E-state index contributed by atoms with van der Waals surface area (Å²) in [5, 5.41) is 2.96. The van der Waals surface area contributed by atoms with Crippen molar-refractivity contribution in [3.05, 3.63) is 28.6 Å². The number of carbonyl (C=O) groups is 1. The lowest BCUT2D eigenvalue weighted by molar-refractivity contribution is -0.120. The summed E-state index contributed by atoms with van der Waals surface area (Å²) < 4.78 is 2.85. The minimum atomic E-state index is 0.0728. The van der Waals surface area contributed by atoms with E-state index in [1.165, 1.54) is 0 Å². The molecule has 0 radical (unpaired) electrons. The molecule has 2 aromatic heterocycles. The first-order valence-electron chi connectivity index (χ1n) is 6.51. The third-order valence-corrected chi connectivity index (χ3v) is 4.30. The molecule has 0 aliphatic carbocycles. The summed E-state index contributed by atoms with van der Waals surface area (Å²) in [7, 11) is 0. The van der Waals surface area contributed by atoms with Gasteiger partial charge >= 0.3 is 0 Å². The van der Waals surface area contributed by atoms with Gasteiger partial charge in [-0.2, -0.15) is 0 Å². The zero-order chi connectivity index (χ0) is 14.0. The van der Waals surface area contributed by atoms with Gasteiger partial charge in [0.25, 0.3) is 0 Å². The SMILES string of the molecule is CCC(CC)C(=O)Nc1ccc2nc(C)c(Br)n2c1. The number of anilines is 1. The maximum Gasteiger partial charge on any atom is 0.227 e. The number of aromatic nitrogens is 2. The first-order valence-corrected chi connectivity index (χ1v) is 7.31. The number of aryl methyl sites for hydroxylation is 1. The Hall–Kier alpha value is -1.36. The molecule has 0 unspecified atom stereocenters. The molecule has 0 aliphatic heterocycles. The van der Waals surface area contributed by atoms with Gasteiger partial charge in [0.1, 0.15) is 10.3 Å². The number of nitrogens with zero attached hydrogens (tertiary/aromatic N) is 2. The van der Waals surface area contributed by atoms with Crippen LogP contribution < -0.4 is 5.32 Å². The highest BCUT2D eigenvalue weighted by Gasteiger charge is 2.14. The number of fused-ring (bicyclic) bond motifs is 1. The predicted molar refractivity (Wildman–Crippen MR) is 80.3 cm³/mol. The molecule has 5 heteroatoms. The lowest BCUT2D eigenvalue weighted by Gasteiger charge is -2.12. The van der Waals surface area contributed by atoms with Gasteiger partial charge in [-0.15, -0.1) is 0 Å². The van der Waals surface area contributed by atoms with Crippen molar-refractivity contribution in [2.24, 2.45) is 5.92 Å². The Labute approximate surface area is 121 Å². The van der Waals surface area contributed by atoms with Crippen LogP contribution in [0.5, 0.6) is 0 Å². The molecule has 2 heterocycles. The quantitative estimate of drug-likeness (QED) is 0.930. The molecule has 1 amide bonds. The number of halogens is 1. The van der Waals surface area contributed by atoms with Crippen LogP contribution in [0.2, 0.25) is 0 Å². The molecular formula is C14H18BrN3O. The topological polar surface area (TPSA) is 46.4 Å². The van der Waals surface area contributed by atoms with E-state index in [2.05, 4.69) is 26.2 Å². The van der Waals surface area contributed by atoms with Gasteiger partial charge in [-0.1, -0.05) is 13.8 Å². The number of rotatable bonds is 4. The lowest BCUT2D eigenvalue weighted by Crippen LogP contribution is -2.21. The summed E-state index contributed by atoms with van der Waals surface area (Å²) >= 11 is 3.50. The third kappa shape index (κ3) is 2.81. The van der Waals surface area contributed by atoms with E-state index in [0.29, 0.717) is 0 Å². The Morgan fingerprint density at radius 1 is 1.42 bits per heavy atom. The van der Waals surface area contributed by atoms with Crippen LogP contribution in [0.1, 0.15) is 32.4 Å². The van der Waals surface area contributed by atoms with Gasteiger partial charge in [-0.05, 0) is 47.8 Å². The Balaban J connectivity index is 2.26. The van der Waals surface area contributed by atoms with Crippen LogP contribution in [0.15, 0.2) is 22.9 Å². The van der Waals surface area contributed by atoms with Crippen molar-refractivity contribution in [1.82, 2.24) is 9.38 Å². The standard InChI is InChI=1S/C14H18BrN3O/c1-4-10(5-2)14(19)17-11-6-7-12-16-9(3)13(15)18(12)8-11/h6-8,10H,4-5H2,1-3H3,(H,17,19). The maximum absolute atomic E-state index is 12.1. The van der Waals surface area contributed by atoms with E-state index >= 15 is 0 Å². The van der Waals surface area contributed by atoms with Crippen molar-refractivity contribution >= 4 is 33.2 Å². The van der Waals surface area contributed by atoms with Gasteiger partial charge in [0.05, 0.1) is 11.4 Å². The molecule has 0 spiro atoms. The molecular weight excluding hydrogens is 306 g/mol. The van der Waals surface area contributed by atoms with Crippen molar-refractivity contribution in [3.8, 4) is 0 Å². The Kier molecular flexibility index (Phi) is 4.24. The van der Waals surface area contributed by atoms with E-state index in [4.69, 9.17) is 0 Å². The summed E-state index contributed by atoms with van der Waals surface area (Å²) in [4.78, 5) is 16.5. The van der Waals surface area contributed by atoms with E-state index in [9.17, 15) is 4.79 Å². The fraction of sp³-hybridized carbons (Fsp3) is 0.429. The number of hydrogen-bond donors (Lipinski definition) is 1. The second-order valence-electron chi connectivity index (χ2n) is 4.64. The van der Waals surface area contributed by atoms with Gasteiger partial charge in [0.2, 0.25) is 5.91 Å². The molecule has 0 aromatic carbocycles. The summed E-state index contributed by atoms with van der Waals surface area (Å²) in [5.41, 5.74) is 2.59. The summed E-state index contributed by atoms with van der Waals surface area (Å²) in [5.74, 6) is 0.154. The molecule has 4 nitrogen and oxygen atoms in total. The fourth-order valence-electron chi connectivity index (χ4n) is 2.11.